The van der Waals surface area contributed by atoms with Crippen molar-refractivity contribution in [3.05, 3.63) is 64.3 Å². The number of fused-ring (bicyclic) bond motifs is 1. The highest BCUT2D eigenvalue weighted by Gasteiger charge is 2.42. The Bertz CT molecular complexity index is 2020. The van der Waals surface area contributed by atoms with Gasteiger partial charge in [-0.05, 0) is 38.8 Å². The van der Waals surface area contributed by atoms with Crippen molar-refractivity contribution in [3.8, 4) is 0 Å². The van der Waals surface area contributed by atoms with Gasteiger partial charge in [0.1, 0.15) is 36.3 Å². The summed E-state index contributed by atoms with van der Waals surface area (Å²) < 4.78 is 108. The first-order valence-electron chi connectivity index (χ1n) is 19.9. The first-order valence-corrected chi connectivity index (χ1v) is 19.9. The number of aliphatic hydroxyl groups is 5. The van der Waals surface area contributed by atoms with E-state index in [1.807, 2.05) is 0 Å². The van der Waals surface area contributed by atoms with Crippen molar-refractivity contribution in [2.24, 2.45) is 0 Å². The lowest BCUT2D eigenvalue weighted by Gasteiger charge is -2.31. The van der Waals surface area contributed by atoms with Gasteiger partial charge in [0.2, 0.25) is 11.7 Å². The number of carbonyl (C=O) groups is 3. The number of hydrogen-bond donors (Lipinski definition) is 7. The minimum Gasteiger partial charge on any atom is -0.458 e. The highest BCUT2D eigenvalue weighted by atomic mass is 19.4. The Morgan fingerprint density at radius 1 is 0.891 bits per heavy atom. The normalized spacial score (nSPS) is 15.6. The smallest absolute Gasteiger partial charge is 0.449 e. The van der Waals surface area contributed by atoms with Crippen LogP contribution in [0.3, 0.4) is 0 Å². The Kier molecular flexibility index (Phi) is 18.8. The van der Waals surface area contributed by atoms with Gasteiger partial charge in [-0.15, -0.1) is 5.10 Å². The molecule has 0 saturated heterocycles. The van der Waals surface area contributed by atoms with E-state index in [9.17, 15) is 61.2 Å². The van der Waals surface area contributed by atoms with Crippen LogP contribution in [0.25, 0.3) is 0 Å². The van der Waals surface area contributed by atoms with Gasteiger partial charge in [-0.1, -0.05) is 5.21 Å². The van der Waals surface area contributed by atoms with Crippen molar-refractivity contribution in [1.29, 1.82) is 0 Å². The largest absolute Gasteiger partial charge is 0.458 e. The van der Waals surface area contributed by atoms with Crippen molar-refractivity contribution < 1.29 is 85.2 Å². The van der Waals surface area contributed by atoms with E-state index in [4.69, 9.17) is 24.1 Å². The summed E-state index contributed by atoms with van der Waals surface area (Å²) >= 11 is 0. The number of alkyl halides is 3. The molecule has 358 valence electrons. The second kappa shape index (κ2) is 23.3. The molecule has 0 aliphatic carbocycles. The fourth-order valence-corrected chi connectivity index (χ4v) is 6.24. The van der Waals surface area contributed by atoms with E-state index in [2.05, 4.69) is 25.9 Å². The van der Waals surface area contributed by atoms with Gasteiger partial charge in [0.25, 0.3) is 0 Å². The van der Waals surface area contributed by atoms with E-state index in [1.165, 1.54) is 4.68 Å². The van der Waals surface area contributed by atoms with Gasteiger partial charge in [-0.2, -0.15) is 13.2 Å². The van der Waals surface area contributed by atoms with Crippen LogP contribution in [0.1, 0.15) is 60.5 Å². The third kappa shape index (κ3) is 15.3. The average Bonchev–Trinajstić information content (AvgIpc) is 3.85. The topological polar surface area (TPSA) is 265 Å². The molecule has 4 rings (SSSR count). The molecule has 5 atom stereocenters. The zero-order valence-corrected chi connectivity index (χ0v) is 35.1. The number of ether oxygens (including phenoxy) is 4. The van der Waals surface area contributed by atoms with Crippen LogP contribution in [-0.2, 0) is 62.5 Å². The number of imidazole rings is 1. The number of aromatic nitrogens is 5. The van der Waals surface area contributed by atoms with Crippen LogP contribution in [-0.4, -0.2) is 162 Å². The average molecular weight is 927 g/mol. The minimum absolute atomic E-state index is 0.0456. The van der Waals surface area contributed by atoms with Gasteiger partial charge in [-0.25, -0.2) is 32.4 Å². The monoisotopic (exact) mass is 926 g/mol. The quantitative estimate of drug-likeness (QED) is 0.0290. The molecular formula is C38H52F6N8O12. The van der Waals surface area contributed by atoms with Crippen LogP contribution < -0.4 is 10.6 Å². The molecule has 0 spiro atoms. The molecule has 0 radical (unpaired) electrons. The van der Waals surface area contributed by atoms with Crippen LogP contribution in [0.2, 0.25) is 0 Å². The summed E-state index contributed by atoms with van der Waals surface area (Å²) in [6.07, 6.45) is -12.0. The number of aliphatic hydroxyl groups excluding tert-OH is 5. The molecule has 1 aromatic carbocycles. The van der Waals surface area contributed by atoms with E-state index >= 15 is 0 Å². The first-order chi connectivity index (χ1) is 30.1. The van der Waals surface area contributed by atoms with Gasteiger partial charge < -0.3 is 64.6 Å². The maximum absolute atomic E-state index is 14.6. The van der Waals surface area contributed by atoms with Crippen LogP contribution in [0.15, 0.2) is 18.3 Å². The van der Waals surface area contributed by atoms with E-state index in [0.717, 1.165) is 9.47 Å². The number of nitrogens with zero attached hydrogens (tertiary/aromatic N) is 6. The Morgan fingerprint density at radius 2 is 1.55 bits per heavy atom. The summed E-state index contributed by atoms with van der Waals surface area (Å²) in [5, 5.41) is 60.9. The molecule has 64 heavy (non-hydrogen) atoms. The lowest BCUT2D eigenvalue weighted by molar-refractivity contribution is -0.148. The molecule has 2 aromatic heterocycles. The molecule has 3 aromatic rings. The Balaban J connectivity index is 1.24. The summed E-state index contributed by atoms with van der Waals surface area (Å²) in [6.45, 7) is 2.67. The predicted molar refractivity (Wildman–Crippen MR) is 205 cm³/mol. The van der Waals surface area contributed by atoms with Crippen LogP contribution in [0.4, 0.5) is 31.1 Å². The number of alkyl carbamates (subject to hydrolysis) is 1. The number of hydrogen-bond acceptors (Lipinski definition) is 16. The molecule has 0 fully saturated rings. The maximum Gasteiger partial charge on any atom is 0.449 e. The number of rotatable bonds is 23. The molecule has 0 bridgehead atoms. The maximum atomic E-state index is 14.6. The molecule has 2 amide bonds. The summed E-state index contributed by atoms with van der Waals surface area (Å²) in [4.78, 5) is 43.8. The molecular weight excluding hydrogens is 874 g/mol. The zero-order valence-electron chi connectivity index (χ0n) is 35.1. The summed E-state index contributed by atoms with van der Waals surface area (Å²) in [7, 11) is 0. The van der Waals surface area contributed by atoms with Crippen molar-refractivity contribution >= 4 is 18.0 Å². The predicted octanol–water partition coefficient (Wildman–Crippen LogP) is 0.195. The summed E-state index contributed by atoms with van der Waals surface area (Å²) in [6, 6.07) is -0.364. The van der Waals surface area contributed by atoms with E-state index < -0.39 is 122 Å². The molecule has 26 heteroatoms. The van der Waals surface area contributed by atoms with Gasteiger partial charge in [-0.3, -0.25) is 4.79 Å². The molecule has 1 aliphatic heterocycles. The third-order valence-electron chi connectivity index (χ3n) is 9.37. The van der Waals surface area contributed by atoms with Crippen molar-refractivity contribution in [3.63, 3.8) is 0 Å². The second-order valence-corrected chi connectivity index (χ2v) is 15.6. The summed E-state index contributed by atoms with van der Waals surface area (Å²) in [5.41, 5.74) is -1.86. The zero-order chi connectivity index (χ0) is 47.4. The molecule has 5 unspecified atom stereocenters. The lowest BCUT2D eigenvalue weighted by Crippen LogP contribution is -2.48. The van der Waals surface area contributed by atoms with Gasteiger partial charge in [0.05, 0.1) is 63.6 Å². The van der Waals surface area contributed by atoms with Gasteiger partial charge in [0.15, 0.2) is 17.3 Å². The molecule has 3 heterocycles. The first kappa shape index (κ1) is 51.7. The summed E-state index contributed by atoms with van der Waals surface area (Å²) in [5.74, 6) is -7.33. The second-order valence-electron chi connectivity index (χ2n) is 15.6. The SMILES string of the molecule is CC(C)(C)OC(=O)NC(CC(=O)N1CCn2c(C(F)(F)F)nc(C(=O)OCCOCCOCCn3cc(CNCC(O)C(O)C(O)C(O)CO)nn3)c2C1)Cc1cc(F)c(F)cc1F. The van der Waals surface area contributed by atoms with Crippen molar-refractivity contribution in [1.82, 2.24) is 40.1 Å². The number of carbonyl (C=O) groups excluding carboxylic acids is 3. The van der Waals surface area contributed by atoms with E-state index in [-0.39, 0.29) is 70.5 Å². The van der Waals surface area contributed by atoms with Gasteiger partial charge >= 0.3 is 18.2 Å². The number of halogens is 6. The Hall–Kier alpha value is -4.96. The van der Waals surface area contributed by atoms with Gasteiger partial charge in [0, 0.05) is 50.9 Å². The number of amides is 2. The number of esters is 1. The lowest BCUT2D eigenvalue weighted by atomic mass is 10.0. The van der Waals surface area contributed by atoms with E-state index in [1.54, 1.807) is 27.0 Å². The van der Waals surface area contributed by atoms with E-state index in [0.29, 0.717) is 17.8 Å². The number of nitrogens with one attached hydrogen (secondary N) is 2. The van der Waals surface area contributed by atoms with Crippen LogP contribution >= 0.6 is 0 Å². The third-order valence-corrected chi connectivity index (χ3v) is 9.37. The number of benzene rings is 1. The molecule has 20 nitrogen and oxygen atoms in total. The minimum atomic E-state index is -4.98. The molecule has 0 saturated carbocycles. The highest BCUT2D eigenvalue weighted by molar-refractivity contribution is 5.89. The fraction of sp³-hybridized carbons (Fsp3) is 0.632. The molecule has 1 aliphatic rings. The Labute approximate surface area is 362 Å². The van der Waals surface area contributed by atoms with Crippen molar-refractivity contribution in [2.75, 3.05) is 52.7 Å². The molecule has 7 N–H and O–H groups in total. The highest BCUT2D eigenvalue weighted by Crippen LogP contribution is 2.33. The standard InChI is InChI=1S/C38H52F6N8O12/c1-37(2,3)64-36(60)46-22(12-21-13-25(40)26(41)15-24(21)39)14-30(56)50-4-5-52-27(19-50)31(47-35(52)38(42,43)44)34(59)63-11-10-62-9-8-61-7-6-51-18-23(48-49-51)16-45-17-28(54)32(57)33(58)29(55)20-53/h13,15,18,22,28-29,32-33,45,53-55,57-58H,4-12,14,16-17,19-20H2,1-3H3,(H,46,60). The van der Waals surface area contributed by atoms with Crippen LogP contribution in [0, 0.1) is 17.5 Å². The fourth-order valence-electron chi connectivity index (χ4n) is 6.24. The van der Waals surface area contributed by atoms with Crippen molar-refractivity contribution in [2.45, 2.75) is 102 Å². The van der Waals surface area contributed by atoms with Crippen LogP contribution in [0.5, 0.6) is 0 Å². The Morgan fingerprint density at radius 3 is 2.22 bits per heavy atom.